The van der Waals surface area contributed by atoms with E-state index in [4.69, 9.17) is 4.74 Å². The van der Waals surface area contributed by atoms with Gasteiger partial charge < -0.3 is 15.2 Å². The van der Waals surface area contributed by atoms with Gasteiger partial charge in [0, 0.05) is 17.3 Å². The molecule has 2 N–H and O–H groups in total. The lowest BCUT2D eigenvalue weighted by molar-refractivity contribution is 0.0697. The number of anilines is 1. The van der Waals surface area contributed by atoms with E-state index in [2.05, 4.69) is 40.1 Å². The molecule has 1 unspecified atom stereocenters. The molecule has 5 nitrogen and oxygen atoms in total. The number of halogens is 1. The summed E-state index contributed by atoms with van der Waals surface area (Å²) in [5.41, 5.74) is 0.150. The van der Waals surface area contributed by atoms with Crippen LogP contribution < -0.4 is 5.32 Å². The predicted octanol–water partition coefficient (Wildman–Crippen LogP) is 3.02. The second-order valence-electron chi connectivity index (χ2n) is 4.51. The molecule has 1 heterocycles. The van der Waals surface area contributed by atoms with Crippen LogP contribution in [0.5, 0.6) is 0 Å². The summed E-state index contributed by atoms with van der Waals surface area (Å²) in [7, 11) is 0. The van der Waals surface area contributed by atoms with Crippen LogP contribution in [0, 0.1) is 5.92 Å². The molecule has 0 aliphatic rings. The molecule has 1 aromatic rings. The van der Waals surface area contributed by atoms with Gasteiger partial charge in [-0.1, -0.05) is 13.8 Å². The molecule has 0 aliphatic heterocycles. The van der Waals surface area contributed by atoms with Gasteiger partial charge in [-0.3, -0.25) is 0 Å². The number of aromatic nitrogens is 1. The van der Waals surface area contributed by atoms with Gasteiger partial charge in [-0.05, 0) is 34.8 Å². The fourth-order valence-electron chi connectivity index (χ4n) is 1.54. The lowest BCUT2D eigenvalue weighted by Crippen LogP contribution is -2.32. The number of aromatic carboxylic acids is 1. The van der Waals surface area contributed by atoms with Crippen molar-refractivity contribution >= 4 is 27.7 Å². The molecular weight excluding hydrogens is 312 g/mol. The topological polar surface area (TPSA) is 71.5 Å². The van der Waals surface area contributed by atoms with Crippen LogP contribution in [-0.2, 0) is 4.74 Å². The van der Waals surface area contributed by atoms with Crippen molar-refractivity contribution in [3.05, 3.63) is 22.3 Å². The number of rotatable bonds is 7. The first-order valence-corrected chi connectivity index (χ1v) is 6.98. The first-order chi connectivity index (χ1) is 8.95. The van der Waals surface area contributed by atoms with E-state index in [1.807, 2.05) is 6.92 Å². The Bertz CT molecular complexity index is 438. The van der Waals surface area contributed by atoms with Crippen molar-refractivity contribution in [2.24, 2.45) is 5.92 Å². The van der Waals surface area contributed by atoms with Crippen molar-refractivity contribution < 1.29 is 14.6 Å². The Hall–Kier alpha value is -1.14. The third kappa shape index (κ3) is 4.80. The summed E-state index contributed by atoms with van der Waals surface area (Å²) in [4.78, 5) is 15.3. The lowest BCUT2D eigenvalue weighted by atomic mass is 10.1. The number of carbonyl (C=O) groups is 1. The molecule has 0 spiro atoms. The van der Waals surface area contributed by atoms with Crippen molar-refractivity contribution in [2.45, 2.75) is 26.8 Å². The first-order valence-electron chi connectivity index (χ1n) is 6.18. The molecular formula is C13H19BrN2O3. The number of nitrogens with one attached hydrogen (secondary N) is 1. The Morgan fingerprint density at radius 2 is 2.26 bits per heavy atom. The van der Waals surface area contributed by atoms with Gasteiger partial charge in [0.1, 0.15) is 11.4 Å². The van der Waals surface area contributed by atoms with Crippen molar-refractivity contribution in [3.8, 4) is 0 Å². The normalized spacial score (nSPS) is 12.5. The van der Waals surface area contributed by atoms with Crippen LogP contribution >= 0.6 is 15.9 Å². The molecule has 0 amide bonds. The van der Waals surface area contributed by atoms with Crippen molar-refractivity contribution in [2.75, 3.05) is 18.5 Å². The number of nitrogens with zero attached hydrogens (tertiary/aromatic N) is 1. The van der Waals surface area contributed by atoms with E-state index < -0.39 is 5.97 Å². The van der Waals surface area contributed by atoms with Gasteiger partial charge in [0.05, 0.1) is 12.6 Å². The minimum Gasteiger partial charge on any atom is -0.478 e. The molecule has 106 valence electrons. The molecule has 0 saturated carbocycles. The monoisotopic (exact) mass is 330 g/mol. The van der Waals surface area contributed by atoms with E-state index in [1.165, 1.54) is 6.07 Å². The van der Waals surface area contributed by atoms with E-state index in [-0.39, 0.29) is 11.6 Å². The van der Waals surface area contributed by atoms with Crippen molar-refractivity contribution in [3.63, 3.8) is 0 Å². The van der Waals surface area contributed by atoms with Crippen LogP contribution in [0.4, 0.5) is 5.82 Å². The Morgan fingerprint density at radius 3 is 2.79 bits per heavy atom. The maximum Gasteiger partial charge on any atom is 0.339 e. The molecule has 0 bridgehead atoms. The highest BCUT2D eigenvalue weighted by Crippen LogP contribution is 2.20. The number of carboxylic acid groups (broad SMARTS) is 1. The van der Waals surface area contributed by atoms with E-state index in [1.54, 1.807) is 6.20 Å². The van der Waals surface area contributed by atoms with Gasteiger partial charge in [0.2, 0.25) is 0 Å². The number of hydrogen-bond donors (Lipinski definition) is 2. The Balaban J connectivity index is 2.92. The minimum atomic E-state index is -1.00. The van der Waals surface area contributed by atoms with Crippen LogP contribution in [-0.4, -0.2) is 35.3 Å². The van der Waals surface area contributed by atoms with Crippen LogP contribution in [0.2, 0.25) is 0 Å². The van der Waals surface area contributed by atoms with E-state index in [9.17, 15) is 9.90 Å². The van der Waals surface area contributed by atoms with Gasteiger partial charge in [-0.2, -0.15) is 0 Å². The summed E-state index contributed by atoms with van der Waals surface area (Å²) < 4.78 is 6.05. The number of hydrogen-bond acceptors (Lipinski definition) is 4. The third-order valence-corrected chi connectivity index (χ3v) is 3.15. The lowest BCUT2D eigenvalue weighted by Gasteiger charge is -2.23. The molecule has 1 aromatic heterocycles. The summed E-state index contributed by atoms with van der Waals surface area (Å²) in [6, 6.07) is 1.56. The molecule has 0 fully saturated rings. The number of ether oxygens (including phenoxy) is 1. The Morgan fingerprint density at radius 1 is 1.58 bits per heavy atom. The Kier molecular flexibility index (Phi) is 6.24. The first kappa shape index (κ1) is 15.9. The predicted molar refractivity (Wildman–Crippen MR) is 77.6 cm³/mol. The zero-order chi connectivity index (χ0) is 14.4. The van der Waals surface area contributed by atoms with Crippen LogP contribution in [0.1, 0.15) is 31.1 Å². The van der Waals surface area contributed by atoms with E-state index >= 15 is 0 Å². The summed E-state index contributed by atoms with van der Waals surface area (Å²) in [6.45, 7) is 7.18. The van der Waals surface area contributed by atoms with Gasteiger partial charge in [0.15, 0.2) is 0 Å². The molecule has 1 atom stereocenters. The van der Waals surface area contributed by atoms with E-state index in [0.717, 1.165) is 0 Å². The highest BCUT2D eigenvalue weighted by molar-refractivity contribution is 9.10. The quantitative estimate of drug-likeness (QED) is 0.804. The SMILES string of the molecule is CCOCC(Nc1ncc(Br)cc1C(=O)O)C(C)C. The molecule has 0 saturated heterocycles. The van der Waals surface area contributed by atoms with Gasteiger partial charge >= 0.3 is 5.97 Å². The van der Waals surface area contributed by atoms with Crippen LogP contribution in [0.3, 0.4) is 0 Å². The van der Waals surface area contributed by atoms with Gasteiger partial charge in [0.25, 0.3) is 0 Å². The fourth-order valence-corrected chi connectivity index (χ4v) is 1.87. The van der Waals surface area contributed by atoms with Gasteiger partial charge in [-0.25, -0.2) is 9.78 Å². The largest absolute Gasteiger partial charge is 0.478 e. The number of carboxylic acids is 1. The second-order valence-corrected chi connectivity index (χ2v) is 5.42. The molecule has 0 aliphatic carbocycles. The fraction of sp³-hybridized carbons (Fsp3) is 0.538. The van der Waals surface area contributed by atoms with Crippen LogP contribution in [0.25, 0.3) is 0 Å². The third-order valence-electron chi connectivity index (χ3n) is 2.71. The average Bonchev–Trinajstić information content (AvgIpc) is 2.35. The summed E-state index contributed by atoms with van der Waals surface area (Å²) in [5, 5.41) is 12.3. The maximum absolute atomic E-state index is 11.2. The van der Waals surface area contributed by atoms with Crippen molar-refractivity contribution in [1.29, 1.82) is 0 Å². The summed E-state index contributed by atoms with van der Waals surface area (Å²) in [6.07, 6.45) is 1.58. The highest BCUT2D eigenvalue weighted by Gasteiger charge is 2.18. The standard InChI is InChI=1S/C13H19BrN2O3/c1-4-19-7-11(8(2)3)16-12-10(13(17)18)5-9(14)6-15-12/h5-6,8,11H,4,7H2,1-3H3,(H,15,16)(H,17,18). The molecule has 0 radical (unpaired) electrons. The molecule has 6 heteroatoms. The van der Waals surface area contributed by atoms with Crippen LogP contribution in [0.15, 0.2) is 16.7 Å². The molecule has 1 rings (SSSR count). The van der Waals surface area contributed by atoms with Crippen molar-refractivity contribution in [1.82, 2.24) is 4.98 Å². The van der Waals surface area contributed by atoms with E-state index in [0.29, 0.717) is 29.4 Å². The molecule has 19 heavy (non-hydrogen) atoms. The zero-order valence-electron chi connectivity index (χ0n) is 11.3. The highest BCUT2D eigenvalue weighted by atomic mass is 79.9. The second kappa shape index (κ2) is 7.45. The smallest absolute Gasteiger partial charge is 0.339 e. The zero-order valence-corrected chi connectivity index (χ0v) is 12.9. The Labute approximate surface area is 121 Å². The summed E-state index contributed by atoms with van der Waals surface area (Å²) in [5.74, 6) is -0.331. The number of pyridine rings is 1. The summed E-state index contributed by atoms with van der Waals surface area (Å²) >= 11 is 3.22. The van der Waals surface area contributed by atoms with Gasteiger partial charge in [-0.15, -0.1) is 0 Å². The minimum absolute atomic E-state index is 0.0201. The molecule has 0 aromatic carbocycles. The average molecular weight is 331 g/mol. The maximum atomic E-state index is 11.2.